The summed E-state index contributed by atoms with van der Waals surface area (Å²) >= 11 is 1.59. The number of carbonyl (C=O) groups is 1. The SMILES string of the molecule is CC1=NOC(=O)C1=Cc1ccsc1. The highest BCUT2D eigenvalue weighted by Gasteiger charge is 2.21. The molecule has 0 saturated carbocycles. The van der Waals surface area contributed by atoms with Gasteiger partial charge in [0.2, 0.25) is 0 Å². The normalized spacial score (nSPS) is 19.0. The molecule has 0 atom stereocenters. The molecule has 1 aliphatic rings. The maximum absolute atomic E-state index is 11.1. The molecule has 0 saturated heterocycles. The topological polar surface area (TPSA) is 38.7 Å². The van der Waals surface area contributed by atoms with Gasteiger partial charge in [0.1, 0.15) is 0 Å². The minimum absolute atomic E-state index is 0.372. The fourth-order valence-electron chi connectivity index (χ4n) is 1.04. The minimum atomic E-state index is -0.372. The fourth-order valence-corrected chi connectivity index (χ4v) is 1.66. The maximum Gasteiger partial charge on any atom is 0.367 e. The Hall–Kier alpha value is -1.42. The van der Waals surface area contributed by atoms with Crippen LogP contribution in [0.4, 0.5) is 0 Å². The van der Waals surface area contributed by atoms with E-state index in [4.69, 9.17) is 0 Å². The van der Waals surface area contributed by atoms with E-state index in [0.717, 1.165) is 5.56 Å². The molecule has 0 radical (unpaired) electrons. The number of oxime groups is 1. The molecule has 1 aromatic heterocycles. The van der Waals surface area contributed by atoms with Crippen LogP contribution in [-0.4, -0.2) is 11.7 Å². The second kappa shape index (κ2) is 3.14. The van der Waals surface area contributed by atoms with Gasteiger partial charge < -0.3 is 4.84 Å². The van der Waals surface area contributed by atoms with Gasteiger partial charge in [0.05, 0.1) is 11.3 Å². The van der Waals surface area contributed by atoms with Crippen LogP contribution >= 0.6 is 11.3 Å². The second-order valence-corrected chi connectivity index (χ2v) is 3.45. The van der Waals surface area contributed by atoms with Crippen LogP contribution in [0.15, 0.2) is 27.6 Å². The standard InChI is InChI=1S/C9H7NO2S/c1-6-8(9(11)12-10-6)4-7-2-3-13-5-7/h2-5H,1H3. The lowest BCUT2D eigenvalue weighted by atomic mass is 10.1. The van der Waals surface area contributed by atoms with E-state index in [1.54, 1.807) is 24.3 Å². The van der Waals surface area contributed by atoms with E-state index in [9.17, 15) is 4.79 Å². The van der Waals surface area contributed by atoms with Crippen molar-refractivity contribution in [1.29, 1.82) is 0 Å². The number of thiophene rings is 1. The summed E-state index contributed by atoms with van der Waals surface area (Å²) < 4.78 is 0. The van der Waals surface area contributed by atoms with E-state index in [0.29, 0.717) is 11.3 Å². The highest BCUT2D eigenvalue weighted by molar-refractivity contribution is 7.08. The number of rotatable bonds is 1. The summed E-state index contributed by atoms with van der Waals surface area (Å²) in [6, 6.07) is 1.94. The predicted octanol–water partition coefficient (Wildman–Crippen LogP) is 2.06. The molecule has 2 rings (SSSR count). The number of hydrogen-bond donors (Lipinski definition) is 0. The summed E-state index contributed by atoms with van der Waals surface area (Å²) in [7, 11) is 0. The molecule has 0 unspecified atom stereocenters. The Balaban J connectivity index is 2.35. The summed E-state index contributed by atoms with van der Waals surface area (Å²) in [4.78, 5) is 15.6. The van der Waals surface area contributed by atoms with Crippen LogP contribution in [0, 0.1) is 0 Å². The molecule has 0 aromatic carbocycles. The first-order chi connectivity index (χ1) is 6.27. The van der Waals surface area contributed by atoms with Crippen LogP contribution in [0.5, 0.6) is 0 Å². The molecular weight excluding hydrogens is 186 g/mol. The molecule has 0 fully saturated rings. The zero-order valence-corrected chi connectivity index (χ0v) is 7.80. The molecule has 0 bridgehead atoms. The van der Waals surface area contributed by atoms with Gasteiger partial charge in [-0.1, -0.05) is 5.16 Å². The first kappa shape index (κ1) is 8.19. The third kappa shape index (κ3) is 1.53. The van der Waals surface area contributed by atoms with Gasteiger partial charge in [0.25, 0.3) is 0 Å². The largest absolute Gasteiger partial charge is 0.367 e. The van der Waals surface area contributed by atoms with Gasteiger partial charge in [-0.15, -0.1) is 0 Å². The van der Waals surface area contributed by atoms with Gasteiger partial charge >= 0.3 is 5.97 Å². The molecule has 1 aromatic rings. The summed E-state index contributed by atoms with van der Waals surface area (Å²) in [5.74, 6) is -0.372. The van der Waals surface area contributed by atoms with E-state index < -0.39 is 0 Å². The Morgan fingerprint density at radius 3 is 3.00 bits per heavy atom. The second-order valence-electron chi connectivity index (χ2n) is 2.67. The van der Waals surface area contributed by atoms with Crippen molar-refractivity contribution in [2.75, 3.05) is 0 Å². The average molecular weight is 193 g/mol. The summed E-state index contributed by atoms with van der Waals surface area (Å²) in [5, 5.41) is 7.50. The molecule has 1 aliphatic heterocycles. The monoisotopic (exact) mass is 193 g/mol. The lowest BCUT2D eigenvalue weighted by Gasteiger charge is -1.90. The van der Waals surface area contributed by atoms with Crippen molar-refractivity contribution < 1.29 is 9.63 Å². The quantitative estimate of drug-likeness (QED) is 0.506. The van der Waals surface area contributed by atoms with Crippen LogP contribution in [0.2, 0.25) is 0 Å². The van der Waals surface area contributed by atoms with Gasteiger partial charge in [0.15, 0.2) is 0 Å². The van der Waals surface area contributed by atoms with Gasteiger partial charge in [-0.2, -0.15) is 11.3 Å². The van der Waals surface area contributed by atoms with Crippen molar-refractivity contribution in [2.45, 2.75) is 6.92 Å². The van der Waals surface area contributed by atoms with E-state index in [-0.39, 0.29) is 5.97 Å². The lowest BCUT2D eigenvalue weighted by molar-refractivity contribution is -0.136. The van der Waals surface area contributed by atoms with Crippen molar-refractivity contribution in [2.24, 2.45) is 5.16 Å². The first-order valence-corrected chi connectivity index (χ1v) is 4.72. The molecule has 0 N–H and O–H groups in total. The van der Waals surface area contributed by atoms with Crippen molar-refractivity contribution in [3.8, 4) is 0 Å². The fraction of sp³-hybridized carbons (Fsp3) is 0.111. The Morgan fingerprint density at radius 1 is 1.62 bits per heavy atom. The van der Waals surface area contributed by atoms with E-state index in [2.05, 4.69) is 9.99 Å². The highest BCUT2D eigenvalue weighted by atomic mass is 32.1. The van der Waals surface area contributed by atoms with E-state index in [1.807, 2.05) is 16.8 Å². The summed E-state index contributed by atoms with van der Waals surface area (Å²) in [6.07, 6.45) is 1.78. The molecule has 2 heterocycles. The van der Waals surface area contributed by atoms with Gasteiger partial charge in [0, 0.05) is 0 Å². The van der Waals surface area contributed by atoms with Gasteiger partial charge in [-0.25, -0.2) is 4.79 Å². The average Bonchev–Trinajstić information content (AvgIpc) is 2.70. The third-order valence-electron chi connectivity index (χ3n) is 1.73. The third-order valence-corrected chi connectivity index (χ3v) is 2.43. The van der Waals surface area contributed by atoms with Crippen molar-refractivity contribution in [1.82, 2.24) is 0 Å². The van der Waals surface area contributed by atoms with Crippen molar-refractivity contribution in [3.05, 3.63) is 28.0 Å². The molecule has 3 nitrogen and oxygen atoms in total. The van der Waals surface area contributed by atoms with Crippen LogP contribution in [0.3, 0.4) is 0 Å². The van der Waals surface area contributed by atoms with Crippen LogP contribution in [0.25, 0.3) is 6.08 Å². The number of hydrogen-bond acceptors (Lipinski definition) is 4. The van der Waals surface area contributed by atoms with E-state index in [1.165, 1.54) is 0 Å². The summed E-state index contributed by atoms with van der Waals surface area (Å²) in [6.45, 7) is 1.75. The predicted molar refractivity (Wildman–Crippen MR) is 51.5 cm³/mol. The molecule has 13 heavy (non-hydrogen) atoms. The zero-order valence-electron chi connectivity index (χ0n) is 6.98. The summed E-state index contributed by atoms with van der Waals surface area (Å²) in [5.41, 5.74) is 2.18. The Bertz CT molecular complexity index is 390. The maximum atomic E-state index is 11.1. The minimum Gasteiger partial charge on any atom is -0.312 e. The highest BCUT2D eigenvalue weighted by Crippen LogP contribution is 2.16. The Morgan fingerprint density at radius 2 is 2.46 bits per heavy atom. The number of nitrogens with zero attached hydrogens (tertiary/aromatic N) is 1. The number of carbonyl (C=O) groups excluding carboxylic acids is 1. The molecule has 0 aliphatic carbocycles. The van der Waals surface area contributed by atoms with Crippen molar-refractivity contribution >= 4 is 29.1 Å². The Kier molecular flexibility index (Phi) is 1.98. The van der Waals surface area contributed by atoms with E-state index >= 15 is 0 Å². The lowest BCUT2D eigenvalue weighted by Crippen LogP contribution is -2.01. The van der Waals surface area contributed by atoms with Gasteiger partial charge in [-0.05, 0) is 35.4 Å². The van der Waals surface area contributed by atoms with Crippen LogP contribution in [0.1, 0.15) is 12.5 Å². The van der Waals surface area contributed by atoms with Crippen molar-refractivity contribution in [3.63, 3.8) is 0 Å². The molecule has 4 heteroatoms. The van der Waals surface area contributed by atoms with Crippen LogP contribution < -0.4 is 0 Å². The molecular formula is C9H7NO2S. The molecule has 0 amide bonds. The molecule has 0 spiro atoms. The molecule has 66 valence electrons. The zero-order chi connectivity index (χ0) is 9.26. The van der Waals surface area contributed by atoms with Gasteiger partial charge in [-0.3, -0.25) is 0 Å². The van der Waals surface area contributed by atoms with Crippen LogP contribution in [-0.2, 0) is 9.63 Å². The first-order valence-electron chi connectivity index (χ1n) is 3.77. The Labute approximate surface area is 79.3 Å². The smallest absolute Gasteiger partial charge is 0.312 e.